The molecule has 0 spiro atoms. The third-order valence-electron chi connectivity index (χ3n) is 1.76. The molecule has 0 saturated carbocycles. The van der Waals surface area contributed by atoms with Crippen LogP contribution in [0.2, 0.25) is 0 Å². The maximum absolute atomic E-state index is 10.9. The molecule has 1 aromatic heterocycles. The number of aromatic amines is 1. The van der Waals surface area contributed by atoms with E-state index < -0.39 is 0 Å². The summed E-state index contributed by atoms with van der Waals surface area (Å²) in [6.45, 7) is 2.06. The molecule has 0 aliphatic rings. The minimum Gasteiger partial charge on any atom is -0.318 e. The number of nitrogens with two attached hydrogens (primary N) is 1. The number of aromatic nitrogens is 1. The largest absolute Gasteiger partial charge is 0.318 e. The second-order valence-electron chi connectivity index (χ2n) is 3.09. The second kappa shape index (κ2) is 5.25. The predicted molar refractivity (Wildman–Crippen MR) is 56.8 cm³/mol. The molecule has 74 valence electrons. The summed E-state index contributed by atoms with van der Waals surface area (Å²) in [6.07, 6.45) is 1.89. The Morgan fingerprint density at radius 2 is 2.36 bits per heavy atom. The Bertz CT molecular complexity index is 397. The molecule has 1 heterocycles. The van der Waals surface area contributed by atoms with Gasteiger partial charge in [-0.15, -0.1) is 0 Å². The molecule has 14 heavy (non-hydrogen) atoms. The van der Waals surface area contributed by atoms with E-state index in [1.165, 1.54) is 6.07 Å². The molecule has 0 fully saturated rings. The highest BCUT2D eigenvalue weighted by Crippen LogP contribution is 1.92. The van der Waals surface area contributed by atoms with E-state index >= 15 is 0 Å². The van der Waals surface area contributed by atoms with Crippen LogP contribution in [0.5, 0.6) is 0 Å². The molecule has 1 atom stereocenters. The van der Waals surface area contributed by atoms with Gasteiger partial charge in [0, 0.05) is 6.07 Å². The van der Waals surface area contributed by atoms with Crippen molar-refractivity contribution >= 4 is 0 Å². The monoisotopic (exact) mass is 190 g/mol. The van der Waals surface area contributed by atoms with Crippen molar-refractivity contribution in [2.45, 2.75) is 25.8 Å². The average Bonchev–Trinajstić information content (AvgIpc) is 2.15. The Morgan fingerprint density at radius 3 is 3.00 bits per heavy atom. The van der Waals surface area contributed by atoms with Crippen LogP contribution >= 0.6 is 0 Å². The lowest BCUT2D eigenvalue weighted by Gasteiger charge is -1.98. The van der Waals surface area contributed by atoms with Gasteiger partial charge >= 0.3 is 0 Å². The summed E-state index contributed by atoms with van der Waals surface area (Å²) in [7, 11) is 0. The lowest BCUT2D eigenvalue weighted by Crippen LogP contribution is -2.16. The van der Waals surface area contributed by atoms with Gasteiger partial charge in [-0.05, 0) is 18.4 Å². The van der Waals surface area contributed by atoms with Crippen LogP contribution in [0.3, 0.4) is 0 Å². The highest BCUT2D eigenvalue weighted by molar-refractivity contribution is 5.28. The smallest absolute Gasteiger partial charge is 0.248 e. The normalized spacial score (nSPS) is 11.6. The van der Waals surface area contributed by atoms with Crippen LogP contribution in [0.4, 0.5) is 0 Å². The molecule has 0 aliphatic heterocycles. The fourth-order valence-corrected chi connectivity index (χ4v) is 1.07. The summed E-state index contributed by atoms with van der Waals surface area (Å²) < 4.78 is 0. The zero-order valence-electron chi connectivity index (χ0n) is 8.21. The van der Waals surface area contributed by atoms with Crippen LogP contribution in [0, 0.1) is 11.8 Å². The molecule has 0 aliphatic carbocycles. The third kappa shape index (κ3) is 3.46. The van der Waals surface area contributed by atoms with E-state index in [0.29, 0.717) is 5.69 Å². The molecule has 0 radical (unpaired) electrons. The SMILES string of the molecule is CCCC(N)C#Cc1cccc(=O)[nH]1. The molecule has 0 bridgehead atoms. The van der Waals surface area contributed by atoms with Crippen molar-refractivity contribution in [3.05, 3.63) is 34.2 Å². The van der Waals surface area contributed by atoms with Crippen LogP contribution in [0.25, 0.3) is 0 Å². The first-order valence-electron chi connectivity index (χ1n) is 4.69. The first-order valence-corrected chi connectivity index (χ1v) is 4.69. The van der Waals surface area contributed by atoms with E-state index in [9.17, 15) is 4.79 Å². The molecule has 0 saturated heterocycles. The minimum atomic E-state index is -0.138. The average molecular weight is 190 g/mol. The maximum Gasteiger partial charge on any atom is 0.248 e. The summed E-state index contributed by atoms with van der Waals surface area (Å²) in [4.78, 5) is 13.5. The van der Waals surface area contributed by atoms with Gasteiger partial charge in [-0.2, -0.15) is 0 Å². The Balaban J connectivity index is 2.72. The van der Waals surface area contributed by atoms with Crippen LogP contribution in [0.1, 0.15) is 25.5 Å². The van der Waals surface area contributed by atoms with Crippen LogP contribution in [-0.4, -0.2) is 11.0 Å². The van der Waals surface area contributed by atoms with E-state index in [-0.39, 0.29) is 11.6 Å². The van der Waals surface area contributed by atoms with Gasteiger partial charge in [-0.1, -0.05) is 25.3 Å². The molecular weight excluding hydrogens is 176 g/mol. The Hall–Kier alpha value is -1.53. The number of nitrogens with one attached hydrogen (secondary N) is 1. The fraction of sp³-hybridized carbons (Fsp3) is 0.364. The summed E-state index contributed by atoms with van der Waals surface area (Å²) in [5.74, 6) is 5.72. The predicted octanol–water partition coefficient (Wildman–Crippen LogP) is 0.854. The Morgan fingerprint density at radius 1 is 1.57 bits per heavy atom. The van der Waals surface area contributed by atoms with Gasteiger partial charge in [0.05, 0.1) is 11.7 Å². The van der Waals surface area contributed by atoms with Gasteiger partial charge in [0.2, 0.25) is 5.56 Å². The second-order valence-corrected chi connectivity index (χ2v) is 3.09. The highest BCUT2D eigenvalue weighted by Gasteiger charge is 1.93. The van der Waals surface area contributed by atoms with Crippen molar-refractivity contribution in [3.8, 4) is 11.8 Å². The van der Waals surface area contributed by atoms with Crippen molar-refractivity contribution in [1.82, 2.24) is 4.98 Å². The summed E-state index contributed by atoms with van der Waals surface area (Å²) in [6, 6.07) is 4.78. The number of hydrogen-bond donors (Lipinski definition) is 2. The van der Waals surface area contributed by atoms with Crippen molar-refractivity contribution in [2.75, 3.05) is 0 Å². The van der Waals surface area contributed by atoms with E-state index in [1.54, 1.807) is 12.1 Å². The Labute approximate surface area is 83.3 Å². The molecule has 1 aromatic rings. The van der Waals surface area contributed by atoms with Crippen LogP contribution < -0.4 is 11.3 Å². The van der Waals surface area contributed by atoms with Gasteiger partial charge in [0.15, 0.2) is 0 Å². The summed E-state index contributed by atoms with van der Waals surface area (Å²) in [5.41, 5.74) is 6.18. The van der Waals surface area contributed by atoms with Gasteiger partial charge in [0.1, 0.15) is 0 Å². The molecule has 3 heteroatoms. The van der Waals surface area contributed by atoms with E-state index in [0.717, 1.165) is 12.8 Å². The molecular formula is C11H14N2O. The lowest BCUT2D eigenvalue weighted by molar-refractivity contribution is 0.720. The topological polar surface area (TPSA) is 58.9 Å². The first-order chi connectivity index (χ1) is 6.72. The first kappa shape index (κ1) is 10.6. The molecule has 1 unspecified atom stereocenters. The highest BCUT2D eigenvalue weighted by atomic mass is 16.1. The van der Waals surface area contributed by atoms with Gasteiger partial charge in [-0.3, -0.25) is 4.79 Å². The standard InChI is InChI=1S/C11H14N2O/c1-2-4-9(12)7-8-10-5-3-6-11(14)13-10/h3,5-6,9H,2,4,12H2,1H3,(H,13,14). The zero-order valence-corrected chi connectivity index (χ0v) is 8.21. The molecule has 0 aromatic carbocycles. The van der Waals surface area contributed by atoms with E-state index in [2.05, 4.69) is 23.7 Å². The molecule has 3 nitrogen and oxygen atoms in total. The van der Waals surface area contributed by atoms with E-state index in [4.69, 9.17) is 5.73 Å². The number of rotatable bonds is 2. The van der Waals surface area contributed by atoms with Crippen molar-refractivity contribution < 1.29 is 0 Å². The van der Waals surface area contributed by atoms with Crippen LogP contribution in [0.15, 0.2) is 23.0 Å². The minimum absolute atomic E-state index is 0.108. The zero-order chi connectivity index (χ0) is 10.4. The van der Waals surface area contributed by atoms with Crippen molar-refractivity contribution in [2.24, 2.45) is 5.73 Å². The van der Waals surface area contributed by atoms with E-state index in [1.807, 2.05) is 0 Å². The molecule has 1 rings (SSSR count). The third-order valence-corrected chi connectivity index (χ3v) is 1.76. The van der Waals surface area contributed by atoms with Crippen LogP contribution in [-0.2, 0) is 0 Å². The van der Waals surface area contributed by atoms with Gasteiger partial charge < -0.3 is 10.7 Å². The fourth-order valence-electron chi connectivity index (χ4n) is 1.07. The quantitative estimate of drug-likeness (QED) is 0.679. The number of hydrogen-bond acceptors (Lipinski definition) is 2. The van der Waals surface area contributed by atoms with Crippen molar-refractivity contribution in [1.29, 1.82) is 0 Å². The Kier molecular flexibility index (Phi) is 3.96. The van der Waals surface area contributed by atoms with Gasteiger partial charge in [0.25, 0.3) is 0 Å². The lowest BCUT2D eigenvalue weighted by atomic mass is 10.2. The number of pyridine rings is 1. The van der Waals surface area contributed by atoms with Crippen molar-refractivity contribution in [3.63, 3.8) is 0 Å². The molecule has 3 N–H and O–H groups in total. The molecule has 0 amide bonds. The van der Waals surface area contributed by atoms with Gasteiger partial charge in [-0.25, -0.2) is 0 Å². The summed E-state index contributed by atoms with van der Waals surface area (Å²) in [5, 5.41) is 0. The summed E-state index contributed by atoms with van der Waals surface area (Å²) >= 11 is 0. The maximum atomic E-state index is 10.9. The number of H-pyrrole nitrogens is 1.